The number of benzene rings is 1. The van der Waals surface area contributed by atoms with Crippen LogP contribution in [0.5, 0.6) is 11.5 Å². The highest BCUT2D eigenvalue weighted by Gasteiger charge is 2.27. The Balaban J connectivity index is 1.51. The number of amides is 1. The lowest BCUT2D eigenvalue weighted by atomic mass is 9.92. The molecule has 1 amide bonds. The zero-order valence-corrected chi connectivity index (χ0v) is 16.8. The van der Waals surface area contributed by atoms with E-state index in [-0.39, 0.29) is 18.0 Å². The molecular formula is C21H33N3O3. The summed E-state index contributed by atoms with van der Waals surface area (Å²) in [4.78, 5) is 15.1. The zero-order chi connectivity index (χ0) is 19.2. The first-order valence-electron chi connectivity index (χ1n) is 10.2. The van der Waals surface area contributed by atoms with Gasteiger partial charge in [0.25, 0.3) is 0 Å². The van der Waals surface area contributed by atoms with E-state index in [0.29, 0.717) is 13.2 Å². The summed E-state index contributed by atoms with van der Waals surface area (Å²) in [5.74, 6) is 2.40. The quantitative estimate of drug-likeness (QED) is 0.766. The van der Waals surface area contributed by atoms with Gasteiger partial charge in [-0.2, -0.15) is 0 Å². The maximum absolute atomic E-state index is 12.7. The molecule has 2 aliphatic rings. The molecule has 0 radical (unpaired) electrons. The minimum atomic E-state index is -0.102. The fourth-order valence-electron chi connectivity index (χ4n) is 3.89. The third kappa shape index (κ3) is 5.14. The normalized spacial score (nSPS) is 20.1. The summed E-state index contributed by atoms with van der Waals surface area (Å²) in [5, 5.41) is 6.39. The highest BCUT2D eigenvalue weighted by Crippen LogP contribution is 2.32. The van der Waals surface area contributed by atoms with Crippen molar-refractivity contribution < 1.29 is 14.3 Å². The van der Waals surface area contributed by atoms with E-state index >= 15 is 0 Å². The molecule has 0 aliphatic carbocycles. The molecule has 0 bridgehead atoms. The van der Waals surface area contributed by atoms with Crippen molar-refractivity contribution >= 4 is 5.91 Å². The van der Waals surface area contributed by atoms with Gasteiger partial charge in [0.05, 0.1) is 12.1 Å². The van der Waals surface area contributed by atoms with Crippen LogP contribution < -0.4 is 20.1 Å². The Kier molecular flexibility index (Phi) is 6.96. The highest BCUT2D eigenvalue weighted by atomic mass is 16.6. The predicted octanol–water partition coefficient (Wildman–Crippen LogP) is 2.34. The molecule has 1 fully saturated rings. The van der Waals surface area contributed by atoms with Gasteiger partial charge in [-0.15, -0.1) is 0 Å². The van der Waals surface area contributed by atoms with Gasteiger partial charge in [-0.1, -0.05) is 6.07 Å². The van der Waals surface area contributed by atoms with E-state index < -0.39 is 0 Å². The lowest BCUT2D eigenvalue weighted by molar-refractivity contribution is -0.127. The third-order valence-electron chi connectivity index (χ3n) is 5.80. The Morgan fingerprint density at radius 1 is 1.19 bits per heavy atom. The minimum Gasteiger partial charge on any atom is -0.486 e. The number of hydrogen-bond acceptors (Lipinski definition) is 5. The molecule has 6 heteroatoms. The van der Waals surface area contributed by atoms with Crippen molar-refractivity contribution in [2.45, 2.75) is 45.2 Å². The van der Waals surface area contributed by atoms with Gasteiger partial charge < -0.3 is 20.1 Å². The van der Waals surface area contributed by atoms with Gasteiger partial charge in [0, 0.05) is 0 Å². The molecule has 27 heavy (non-hydrogen) atoms. The molecule has 0 aromatic heterocycles. The molecular weight excluding hydrogens is 342 g/mol. The SMILES string of the molecule is CNCCC1CCN(C(C)C(=O)NC(C)c2ccc3c(c2)OCCO3)CC1. The Morgan fingerprint density at radius 2 is 1.89 bits per heavy atom. The summed E-state index contributed by atoms with van der Waals surface area (Å²) in [7, 11) is 2.00. The van der Waals surface area contributed by atoms with Crippen molar-refractivity contribution in [3.05, 3.63) is 23.8 Å². The Bertz CT molecular complexity index is 629. The summed E-state index contributed by atoms with van der Waals surface area (Å²) in [5.41, 5.74) is 1.03. The second-order valence-corrected chi connectivity index (χ2v) is 7.68. The molecule has 2 heterocycles. The summed E-state index contributed by atoms with van der Waals surface area (Å²) >= 11 is 0. The Morgan fingerprint density at radius 3 is 2.59 bits per heavy atom. The van der Waals surface area contributed by atoms with Gasteiger partial charge in [-0.25, -0.2) is 0 Å². The van der Waals surface area contributed by atoms with Crippen LogP contribution in [0, 0.1) is 5.92 Å². The molecule has 0 spiro atoms. The number of hydrogen-bond donors (Lipinski definition) is 2. The van der Waals surface area contributed by atoms with Crippen LogP contribution >= 0.6 is 0 Å². The molecule has 1 aromatic rings. The summed E-state index contributed by atoms with van der Waals surface area (Å²) in [6.45, 7) is 8.26. The van der Waals surface area contributed by atoms with Crippen molar-refractivity contribution in [1.82, 2.24) is 15.5 Å². The first kappa shape index (κ1) is 20.0. The summed E-state index contributed by atoms with van der Waals surface area (Å²) in [6, 6.07) is 5.72. The maximum Gasteiger partial charge on any atom is 0.237 e. The summed E-state index contributed by atoms with van der Waals surface area (Å²) in [6.07, 6.45) is 3.58. The molecule has 2 atom stereocenters. The van der Waals surface area contributed by atoms with Crippen LogP contribution in [-0.2, 0) is 4.79 Å². The summed E-state index contributed by atoms with van der Waals surface area (Å²) < 4.78 is 11.2. The van der Waals surface area contributed by atoms with E-state index in [1.807, 2.05) is 39.1 Å². The molecule has 2 N–H and O–H groups in total. The second kappa shape index (κ2) is 9.42. The zero-order valence-electron chi connectivity index (χ0n) is 16.8. The van der Waals surface area contributed by atoms with E-state index in [1.165, 1.54) is 19.3 Å². The third-order valence-corrected chi connectivity index (χ3v) is 5.80. The second-order valence-electron chi connectivity index (χ2n) is 7.68. The molecule has 0 saturated carbocycles. The van der Waals surface area contributed by atoms with Crippen molar-refractivity contribution in [3.63, 3.8) is 0 Å². The number of piperidine rings is 1. The number of nitrogens with zero attached hydrogens (tertiary/aromatic N) is 1. The van der Waals surface area contributed by atoms with E-state index in [9.17, 15) is 4.79 Å². The lowest BCUT2D eigenvalue weighted by Gasteiger charge is -2.35. The number of likely N-dealkylation sites (tertiary alicyclic amines) is 1. The van der Waals surface area contributed by atoms with Crippen molar-refractivity contribution in [1.29, 1.82) is 0 Å². The fourth-order valence-corrected chi connectivity index (χ4v) is 3.89. The first-order chi connectivity index (χ1) is 13.1. The molecule has 2 unspecified atom stereocenters. The number of nitrogens with one attached hydrogen (secondary N) is 2. The van der Waals surface area contributed by atoms with Crippen LogP contribution in [0.1, 0.15) is 44.7 Å². The number of carbonyl (C=O) groups excluding carboxylic acids is 1. The van der Waals surface area contributed by atoms with Crippen molar-refractivity contribution in [3.8, 4) is 11.5 Å². The number of fused-ring (bicyclic) bond motifs is 1. The van der Waals surface area contributed by atoms with Gasteiger partial charge in [0.15, 0.2) is 11.5 Å². The van der Waals surface area contributed by atoms with Crippen LogP contribution in [0.4, 0.5) is 0 Å². The van der Waals surface area contributed by atoms with Crippen molar-refractivity contribution in [2.75, 3.05) is 39.9 Å². The average molecular weight is 376 g/mol. The monoisotopic (exact) mass is 375 g/mol. The van der Waals surface area contributed by atoms with Crippen LogP contribution in [0.3, 0.4) is 0 Å². The molecule has 1 aromatic carbocycles. The predicted molar refractivity (Wildman–Crippen MR) is 106 cm³/mol. The Hall–Kier alpha value is -1.79. The number of carbonyl (C=O) groups is 1. The minimum absolute atomic E-state index is 0.0658. The molecule has 6 nitrogen and oxygen atoms in total. The van der Waals surface area contributed by atoms with E-state index in [0.717, 1.165) is 42.6 Å². The fraction of sp³-hybridized carbons (Fsp3) is 0.667. The Labute approximate surface area is 162 Å². The van der Waals surface area contributed by atoms with Crippen LogP contribution in [0.25, 0.3) is 0 Å². The smallest absolute Gasteiger partial charge is 0.237 e. The largest absolute Gasteiger partial charge is 0.486 e. The van der Waals surface area contributed by atoms with Gasteiger partial charge in [-0.3, -0.25) is 9.69 Å². The standard InChI is InChI=1S/C21H33N3O3/c1-15(18-4-5-19-20(14-18)27-13-12-26-19)23-21(25)16(2)24-10-7-17(8-11-24)6-9-22-3/h4-5,14-17,22H,6-13H2,1-3H3,(H,23,25). The maximum atomic E-state index is 12.7. The van der Waals surface area contributed by atoms with Crippen LogP contribution in [0.2, 0.25) is 0 Å². The van der Waals surface area contributed by atoms with Crippen molar-refractivity contribution in [2.24, 2.45) is 5.92 Å². The number of ether oxygens (including phenoxy) is 2. The van der Waals surface area contributed by atoms with Gasteiger partial charge in [-0.05, 0) is 83.4 Å². The van der Waals surface area contributed by atoms with E-state index in [2.05, 4.69) is 15.5 Å². The van der Waals surface area contributed by atoms with Gasteiger partial charge in [0.1, 0.15) is 13.2 Å². The van der Waals surface area contributed by atoms with Gasteiger partial charge in [0.2, 0.25) is 5.91 Å². The molecule has 2 aliphatic heterocycles. The topological polar surface area (TPSA) is 62.8 Å². The molecule has 3 rings (SSSR count). The van der Waals surface area contributed by atoms with Crippen LogP contribution in [0.15, 0.2) is 18.2 Å². The molecule has 1 saturated heterocycles. The van der Waals surface area contributed by atoms with Gasteiger partial charge >= 0.3 is 0 Å². The average Bonchev–Trinajstić information content (AvgIpc) is 2.71. The highest BCUT2D eigenvalue weighted by molar-refractivity contribution is 5.81. The first-order valence-corrected chi connectivity index (χ1v) is 10.2. The lowest BCUT2D eigenvalue weighted by Crippen LogP contribution is -2.48. The number of rotatable bonds is 7. The van der Waals surface area contributed by atoms with E-state index in [1.54, 1.807) is 0 Å². The van der Waals surface area contributed by atoms with Crippen LogP contribution in [-0.4, -0.2) is 56.7 Å². The van der Waals surface area contributed by atoms with E-state index in [4.69, 9.17) is 9.47 Å². The molecule has 150 valence electrons.